The zero-order valence-electron chi connectivity index (χ0n) is 16.5. The Balaban J connectivity index is 2.24. The number of halogens is 1. The standard InChI is InChI=1S/C21H27BrO5/c1-10(2)12-15(22)17(25)14-13(16(12)24)11(9-23)18-20(14,3)7-6-8-21(18,4)19(26)27-5/h10-11,18,23H,6-9H2,1-5H3/t11-,18+,20+,21+/m0/s1. The second-order valence-electron chi connectivity index (χ2n) is 8.78. The maximum absolute atomic E-state index is 13.4. The summed E-state index contributed by atoms with van der Waals surface area (Å²) >= 11 is 3.37. The molecule has 0 unspecified atom stereocenters. The molecule has 0 radical (unpaired) electrons. The first-order valence-corrected chi connectivity index (χ1v) is 10.3. The Morgan fingerprint density at radius 2 is 1.89 bits per heavy atom. The molecule has 0 aromatic rings. The van der Waals surface area contributed by atoms with Crippen LogP contribution in [-0.2, 0) is 19.1 Å². The number of carbonyl (C=O) groups excluding carboxylic acids is 3. The lowest BCUT2D eigenvalue weighted by atomic mass is 9.53. The molecule has 3 rings (SSSR count). The minimum Gasteiger partial charge on any atom is -0.469 e. The van der Waals surface area contributed by atoms with Crippen molar-refractivity contribution in [2.75, 3.05) is 13.7 Å². The first-order chi connectivity index (χ1) is 12.6. The van der Waals surface area contributed by atoms with E-state index in [4.69, 9.17) is 4.74 Å². The fraction of sp³-hybridized carbons (Fsp3) is 0.667. The number of ketones is 2. The molecule has 0 amide bonds. The van der Waals surface area contributed by atoms with Gasteiger partial charge in [-0.2, -0.15) is 0 Å². The zero-order valence-corrected chi connectivity index (χ0v) is 18.1. The Bertz CT molecular complexity index is 792. The first kappa shape index (κ1) is 20.5. The van der Waals surface area contributed by atoms with Gasteiger partial charge in [0, 0.05) is 28.1 Å². The Morgan fingerprint density at radius 3 is 2.41 bits per heavy atom. The molecule has 0 aromatic carbocycles. The fourth-order valence-electron chi connectivity index (χ4n) is 5.98. The molecular weight excluding hydrogens is 412 g/mol. The summed E-state index contributed by atoms with van der Waals surface area (Å²) in [6.45, 7) is 7.30. The maximum atomic E-state index is 13.4. The Morgan fingerprint density at radius 1 is 1.26 bits per heavy atom. The third-order valence-electron chi connectivity index (χ3n) is 6.96. The highest BCUT2D eigenvalue weighted by atomic mass is 79.9. The van der Waals surface area contributed by atoms with Crippen LogP contribution in [0.1, 0.15) is 47.0 Å². The molecular formula is C21H27BrO5. The molecule has 0 bridgehead atoms. The number of aliphatic hydroxyl groups excluding tert-OH is 1. The van der Waals surface area contributed by atoms with E-state index in [9.17, 15) is 19.5 Å². The van der Waals surface area contributed by atoms with Gasteiger partial charge in [-0.25, -0.2) is 0 Å². The molecule has 1 saturated carbocycles. The minimum atomic E-state index is -0.850. The SMILES string of the molecule is COC(=O)[C@]1(C)CCC[C@]2(C)C3=C(C(=O)C(C(C)C)=C(Br)C3=O)[C@H](CO)[C@@H]12. The van der Waals surface area contributed by atoms with Crippen LogP contribution in [0.4, 0.5) is 0 Å². The lowest BCUT2D eigenvalue weighted by Crippen LogP contribution is -2.50. The molecule has 148 valence electrons. The average molecular weight is 439 g/mol. The van der Waals surface area contributed by atoms with Crippen molar-refractivity contribution in [3.8, 4) is 0 Å². The van der Waals surface area contributed by atoms with E-state index in [1.165, 1.54) is 7.11 Å². The van der Waals surface area contributed by atoms with Crippen LogP contribution in [0.3, 0.4) is 0 Å². The van der Waals surface area contributed by atoms with E-state index < -0.39 is 16.7 Å². The second kappa shape index (κ2) is 6.66. The van der Waals surface area contributed by atoms with Crippen LogP contribution in [0, 0.1) is 28.6 Å². The molecule has 1 fully saturated rings. The van der Waals surface area contributed by atoms with E-state index in [0.717, 1.165) is 6.42 Å². The Kier molecular flexibility index (Phi) is 5.05. The number of Topliss-reactive ketones (excluding diaryl/α,β-unsaturated/α-hetero) is 2. The predicted octanol–water partition coefficient (Wildman–Crippen LogP) is 3.35. The first-order valence-electron chi connectivity index (χ1n) is 9.49. The number of aliphatic hydroxyl groups is 1. The van der Waals surface area contributed by atoms with Gasteiger partial charge in [0.25, 0.3) is 0 Å². The van der Waals surface area contributed by atoms with Gasteiger partial charge in [0.15, 0.2) is 11.6 Å². The van der Waals surface area contributed by atoms with Gasteiger partial charge in [0.05, 0.1) is 23.6 Å². The Labute approximate surface area is 168 Å². The minimum absolute atomic E-state index is 0.119. The molecule has 5 nitrogen and oxygen atoms in total. The highest BCUT2D eigenvalue weighted by Gasteiger charge is 2.65. The van der Waals surface area contributed by atoms with Gasteiger partial charge in [0.1, 0.15) is 0 Å². The van der Waals surface area contributed by atoms with E-state index in [2.05, 4.69) is 15.9 Å². The molecule has 3 aliphatic carbocycles. The highest BCUT2D eigenvalue weighted by Crippen LogP contribution is 2.65. The van der Waals surface area contributed by atoms with Gasteiger partial charge in [-0.05, 0) is 47.5 Å². The number of esters is 1. The lowest BCUT2D eigenvalue weighted by molar-refractivity contribution is -0.164. The average Bonchev–Trinajstić information content (AvgIpc) is 2.89. The van der Waals surface area contributed by atoms with Crippen molar-refractivity contribution in [3.63, 3.8) is 0 Å². The van der Waals surface area contributed by atoms with Gasteiger partial charge in [-0.1, -0.05) is 27.2 Å². The van der Waals surface area contributed by atoms with Crippen LogP contribution in [0.5, 0.6) is 0 Å². The van der Waals surface area contributed by atoms with Crippen LogP contribution in [-0.4, -0.2) is 36.4 Å². The monoisotopic (exact) mass is 438 g/mol. The van der Waals surface area contributed by atoms with Gasteiger partial charge in [-0.3, -0.25) is 14.4 Å². The summed E-state index contributed by atoms with van der Waals surface area (Å²) in [7, 11) is 1.36. The van der Waals surface area contributed by atoms with Crippen LogP contribution in [0.25, 0.3) is 0 Å². The third kappa shape index (κ3) is 2.55. The molecule has 0 heterocycles. The van der Waals surface area contributed by atoms with Crippen molar-refractivity contribution in [2.45, 2.75) is 47.0 Å². The van der Waals surface area contributed by atoms with Crippen molar-refractivity contribution in [3.05, 3.63) is 21.2 Å². The zero-order chi connectivity index (χ0) is 20.3. The smallest absolute Gasteiger partial charge is 0.311 e. The topological polar surface area (TPSA) is 80.7 Å². The quantitative estimate of drug-likeness (QED) is 0.539. The Hall–Kier alpha value is -1.27. The van der Waals surface area contributed by atoms with Crippen molar-refractivity contribution < 1.29 is 24.2 Å². The molecule has 27 heavy (non-hydrogen) atoms. The van der Waals surface area contributed by atoms with Crippen LogP contribution >= 0.6 is 15.9 Å². The molecule has 0 spiro atoms. The third-order valence-corrected chi connectivity index (χ3v) is 7.74. The van der Waals surface area contributed by atoms with Crippen molar-refractivity contribution in [2.24, 2.45) is 28.6 Å². The van der Waals surface area contributed by atoms with E-state index in [1.54, 1.807) is 0 Å². The highest BCUT2D eigenvalue weighted by molar-refractivity contribution is 9.12. The summed E-state index contributed by atoms with van der Waals surface area (Å²) in [6.07, 6.45) is 2.08. The molecule has 3 aliphatic rings. The molecule has 6 heteroatoms. The van der Waals surface area contributed by atoms with Crippen LogP contribution in [0.15, 0.2) is 21.2 Å². The number of fused-ring (bicyclic) bond motifs is 2. The van der Waals surface area contributed by atoms with Gasteiger partial charge in [-0.15, -0.1) is 0 Å². The number of hydrogen-bond donors (Lipinski definition) is 1. The van der Waals surface area contributed by atoms with E-state index in [1.807, 2.05) is 27.7 Å². The number of rotatable bonds is 3. The van der Waals surface area contributed by atoms with E-state index in [-0.39, 0.29) is 36.0 Å². The summed E-state index contributed by atoms with van der Waals surface area (Å²) in [5, 5.41) is 10.3. The van der Waals surface area contributed by atoms with Crippen molar-refractivity contribution in [1.29, 1.82) is 0 Å². The maximum Gasteiger partial charge on any atom is 0.311 e. The largest absolute Gasteiger partial charge is 0.469 e. The van der Waals surface area contributed by atoms with Crippen molar-refractivity contribution in [1.82, 2.24) is 0 Å². The van der Waals surface area contributed by atoms with Crippen molar-refractivity contribution >= 4 is 33.5 Å². The molecule has 0 aliphatic heterocycles. The molecule has 0 aromatic heterocycles. The summed E-state index contributed by atoms with van der Waals surface area (Å²) in [5.74, 6) is -1.69. The number of carbonyl (C=O) groups is 3. The van der Waals surface area contributed by atoms with Gasteiger partial charge < -0.3 is 9.84 Å². The van der Waals surface area contributed by atoms with Gasteiger partial charge in [0.2, 0.25) is 0 Å². The number of hydrogen-bond acceptors (Lipinski definition) is 5. The fourth-order valence-corrected chi connectivity index (χ4v) is 6.82. The lowest BCUT2D eigenvalue weighted by Gasteiger charge is -2.49. The second-order valence-corrected chi connectivity index (χ2v) is 9.57. The predicted molar refractivity (Wildman–Crippen MR) is 104 cm³/mol. The number of allylic oxidation sites excluding steroid dienone is 3. The molecule has 4 atom stereocenters. The summed E-state index contributed by atoms with van der Waals surface area (Å²) in [4.78, 5) is 39.4. The summed E-state index contributed by atoms with van der Waals surface area (Å²) in [5.41, 5.74) is -0.129. The molecule has 1 N–H and O–H groups in total. The normalized spacial score (nSPS) is 36.3. The van der Waals surface area contributed by atoms with Crippen LogP contribution in [0.2, 0.25) is 0 Å². The van der Waals surface area contributed by atoms with Crippen LogP contribution < -0.4 is 0 Å². The summed E-state index contributed by atoms with van der Waals surface area (Å²) < 4.78 is 5.42. The molecule has 0 saturated heterocycles. The van der Waals surface area contributed by atoms with E-state index in [0.29, 0.717) is 34.0 Å². The van der Waals surface area contributed by atoms with Gasteiger partial charge >= 0.3 is 5.97 Å². The number of methoxy groups -OCH3 is 1. The summed E-state index contributed by atoms with van der Waals surface area (Å²) in [6, 6.07) is 0. The van der Waals surface area contributed by atoms with E-state index >= 15 is 0 Å². The number of ether oxygens (including phenoxy) is 1.